The molecular weight excluding hydrogens is 278 g/mol. The lowest BCUT2D eigenvalue weighted by Gasteiger charge is -2.08. The van der Waals surface area contributed by atoms with Crippen LogP contribution in [0.2, 0.25) is 0 Å². The van der Waals surface area contributed by atoms with Crippen molar-refractivity contribution in [2.45, 2.75) is 25.8 Å². The van der Waals surface area contributed by atoms with Gasteiger partial charge in [0.1, 0.15) is 15.4 Å². The number of esters is 1. The van der Waals surface area contributed by atoms with E-state index in [1.54, 1.807) is 21.0 Å². The quantitative estimate of drug-likeness (QED) is 0.809. The highest BCUT2D eigenvalue weighted by molar-refractivity contribution is 7.19. The summed E-state index contributed by atoms with van der Waals surface area (Å²) in [5.41, 5.74) is 6.48. The Bertz CT molecular complexity index is 535. The average Bonchev–Trinajstić information content (AvgIpc) is 3.12. The number of hydrogen-bond acceptors (Lipinski definition) is 6. The van der Waals surface area contributed by atoms with E-state index in [-0.39, 0.29) is 23.8 Å². The molecule has 0 atom stereocenters. The number of rotatable bonds is 5. The predicted molar refractivity (Wildman–Crippen MR) is 79.4 cm³/mol. The summed E-state index contributed by atoms with van der Waals surface area (Å²) in [5, 5.41) is 3.88. The molecule has 1 heterocycles. The van der Waals surface area contributed by atoms with Gasteiger partial charge < -0.3 is 20.7 Å². The second-order valence-electron chi connectivity index (χ2n) is 4.89. The number of nitrogens with two attached hydrogens (primary N) is 1. The lowest BCUT2D eigenvalue weighted by atomic mass is 10.2. The van der Waals surface area contributed by atoms with Gasteiger partial charge in [0.15, 0.2) is 0 Å². The SMILES string of the molecule is CCOC(=O)c1c(NC2CC2)sc(C(=O)N(C)C)c1N. The van der Waals surface area contributed by atoms with Crippen LogP contribution in [-0.4, -0.2) is 43.5 Å². The van der Waals surface area contributed by atoms with Crippen LogP contribution in [-0.2, 0) is 4.74 Å². The predicted octanol–water partition coefficient (Wildman–Crippen LogP) is 1.78. The zero-order valence-electron chi connectivity index (χ0n) is 11.9. The van der Waals surface area contributed by atoms with Gasteiger partial charge >= 0.3 is 5.97 Å². The molecule has 20 heavy (non-hydrogen) atoms. The molecule has 0 aliphatic heterocycles. The Hall–Kier alpha value is -1.76. The van der Waals surface area contributed by atoms with E-state index in [2.05, 4.69) is 5.32 Å². The highest BCUT2D eigenvalue weighted by Gasteiger charge is 2.30. The molecular formula is C13H19N3O3S. The zero-order valence-corrected chi connectivity index (χ0v) is 12.7. The molecule has 7 heteroatoms. The van der Waals surface area contributed by atoms with Crippen molar-refractivity contribution in [2.24, 2.45) is 0 Å². The van der Waals surface area contributed by atoms with Crippen LogP contribution in [0.25, 0.3) is 0 Å². The van der Waals surface area contributed by atoms with E-state index in [9.17, 15) is 9.59 Å². The molecule has 0 spiro atoms. The molecule has 2 rings (SSSR count). The van der Waals surface area contributed by atoms with Crippen LogP contribution in [0, 0.1) is 0 Å². The number of thiophene rings is 1. The fourth-order valence-electron chi connectivity index (χ4n) is 1.73. The number of nitrogens with one attached hydrogen (secondary N) is 1. The minimum Gasteiger partial charge on any atom is -0.462 e. The van der Waals surface area contributed by atoms with E-state index < -0.39 is 5.97 Å². The first-order chi connectivity index (χ1) is 9.45. The van der Waals surface area contributed by atoms with Crippen LogP contribution in [0.5, 0.6) is 0 Å². The number of nitrogens with zero attached hydrogens (tertiary/aromatic N) is 1. The summed E-state index contributed by atoms with van der Waals surface area (Å²) in [5.74, 6) is -0.691. The van der Waals surface area contributed by atoms with Gasteiger partial charge in [0.2, 0.25) is 0 Å². The molecule has 0 unspecified atom stereocenters. The van der Waals surface area contributed by atoms with Crippen LogP contribution in [0.1, 0.15) is 39.8 Å². The Morgan fingerprint density at radius 3 is 2.60 bits per heavy atom. The first-order valence-electron chi connectivity index (χ1n) is 6.53. The maximum absolute atomic E-state index is 12.1. The molecule has 3 N–H and O–H groups in total. The van der Waals surface area contributed by atoms with Crippen molar-refractivity contribution in [1.82, 2.24) is 4.90 Å². The van der Waals surface area contributed by atoms with Crippen LogP contribution >= 0.6 is 11.3 Å². The Morgan fingerprint density at radius 2 is 2.10 bits per heavy atom. The molecule has 1 aliphatic rings. The highest BCUT2D eigenvalue weighted by atomic mass is 32.1. The molecule has 1 aliphatic carbocycles. The smallest absolute Gasteiger partial charge is 0.343 e. The molecule has 1 amide bonds. The van der Waals surface area contributed by atoms with E-state index in [0.29, 0.717) is 15.9 Å². The first kappa shape index (κ1) is 14.6. The second-order valence-corrected chi connectivity index (χ2v) is 5.91. The molecule has 0 bridgehead atoms. The van der Waals surface area contributed by atoms with Crippen molar-refractivity contribution in [1.29, 1.82) is 0 Å². The fourth-order valence-corrected chi connectivity index (χ4v) is 2.93. The van der Waals surface area contributed by atoms with Crippen molar-refractivity contribution in [3.63, 3.8) is 0 Å². The molecule has 0 radical (unpaired) electrons. The van der Waals surface area contributed by atoms with Gasteiger partial charge in [-0.05, 0) is 19.8 Å². The molecule has 1 fully saturated rings. The molecule has 1 aromatic heterocycles. The van der Waals surface area contributed by atoms with Gasteiger partial charge in [-0.1, -0.05) is 0 Å². The Morgan fingerprint density at radius 1 is 1.45 bits per heavy atom. The van der Waals surface area contributed by atoms with Gasteiger partial charge in [-0.15, -0.1) is 11.3 Å². The largest absolute Gasteiger partial charge is 0.462 e. The third kappa shape index (κ3) is 2.87. The number of carbonyl (C=O) groups is 2. The summed E-state index contributed by atoms with van der Waals surface area (Å²) in [4.78, 5) is 25.9. The molecule has 1 saturated carbocycles. The molecule has 6 nitrogen and oxygen atoms in total. The highest BCUT2D eigenvalue weighted by Crippen LogP contribution is 2.39. The van der Waals surface area contributed by atoms with Gasteiger partial charge in [0.25, 0.3) is 5.91 Å². The summed E-state index contributed by atoms with van der Waals surface area (Å²) in [6.07, 6.45) is 2.13. The van der Waals surface area contributed by atoms with Gasteiger partial charge in [0, 0.05) is 20.1 Å². The van der Waals surface area contributed by atoms with Crippen molar-refractivity contribution in [3.8, 4) is 0 Å². The van der Waals surface area contributed by atoms with Crippen LogP contribution in [0.3, 0.4) is 0 Å². The average molecular weight is 297 g/mol. The van der Waals surface area contributed by atoms with E-state index in [1.807, 2.05) is 0 Å². The minimum absolute atomic E-state index is 0.204. The Balaban J connectivity index is 2.39. The van der Waals surface area contributed by atoms with Gasteiger partial charge in [-0.25, -0.2) is 4.79 Å². The Kier molecular flexibility index (Phi) is 4.17. The number of anilines is 2. The van der Waals surface area contributed by atoms with Crippen molar-refractivity contribution in [3.05, 3.63) is 10.4 Å². The topological polar surface area (TPSA) is 84.7 Å². The number of nitrogen functional groups attached to an aromatic ring is 1. The van der Waals surface area contributed by atoms with E-state index in [0.717, 1.165) is 12.8 Å². The van der Waals surface area contributed by atoms with Gasteiger partial charge in [-0.3, -0.25) is 4.79 Å². The maximum atomic E-state index is 12.1. The number of ether oxygens (including phenoxy) is 1. The molecule has 0 saturated heterocycles. The van der Waals surface area contributed by atoms with Gasteiger partial charge in [-0.2, -0.15) is 0 Å². The molecule has 0 aromatic carbocycles. The van der Waals surface area contributed by atoms with Gasteiger partial charge in [0.05, 0.1) is 12.3 Å². The number of hydrogen-bond donors (Lipinski definition) is 2. The van der Waals surface area contributed by atoms with Crippen molar-refractivity contribution < 1.29 is 14.3 Å². The van der Waals surface area contributed by atoms with Crippen LogP contribution in [0.15, 0.2) is 0 Å². The first-order valence-corrected chi connectivity index (χ1v) is 7.34. The van der Waals surface area contributed by atoms with Crippen LogP contribution in [0.4, 0.5) is 10.7 Å². The summed E-state index contributed by atoms with van der Waals surface area (Å²) in [6, 6.07) is 0.364. The number of carbonyl (C=O) groups excluding carboxylic acids is 2. The third-order valence-electron chi connectivity index (χ3n) is 2.94. The summed E-state index contributed by atoms with van der Waals surface area (Å²) < 4.78 is 5.03. The minimum atomic E-state index is -0.484. The van der Waals surface area contributed by atoms with Crippen molar-refractivity contribution in [2.75, 3.05) is 31.8 Å². The number of amides is 1. The zero-order chi connectivity index (χ0) is 14.9. The maximum Gasteiger partial charge on any atom is 0.343 e. The lowest BCUT2D eigenvalue weighted by Crippen LogP contribution is -2.21. The Labute approximate surface area is 121 Å². The summed E-state index contributed by atoms with van der Waals surface area (Å²) in [7, 11) is 3.30. The molecule has 1 aromatic rings. The lowest BCUT2D eigenvalue weighted by molar-refractivity contribution is 0.0529. The summed E-state index contributed by atoms with van der Waals surface area (Å²) in [6.45, 7) is 2.01. The fraction of sp³-hybridized carbons (Fsp3) is 0.538. The molecule has 110 valence electrons. The third-order valence-corrected chi connectivity index (χ3v) is 4.06. The van der Waals surface area contributed by atoms with E-state index in [1.165, 1.54) is 16.2 Å². The van der Waals surface area contributed by atoms with E-state index >= 15 is 0 Å². The van der Waals surface area contributed by atoms with Crippen LogP contribution < -0.4 is 11.1 Å². The summed E-state index contributed by atoms with van der Waals surface area (Å²) >= 11 is 1.22. The normalized spacial score (nSPS) is 13.9. The monoisotopic (exact) mass is 297 g/mol. The van der Waals surface area contributed by atoms with Crippen molar-refractivity contribution >= 4 is 33.9 Å². The van der Waals surface area contributed by atoms with E-state index in [4.69, 9.17) is 10.5 Å². The standard InChI is InChI=1S/C13H19N3O3S/c1-4-19-13(18)8-9(14)10(12(17)16(2)3)20-11(8)15-7-5-6-7/h7,15H,4-6,14H2,1-3H3. The second kappa shape index (κ2) is 5.70.